The van der Waals surface area contributed by atoms with Crippen molar-refractivity contribution in [2.24, 2.45) is 5.16 Å². The Kier molecular flexibility index (Phi) is 4.88. The number of ether oxygens (including phenoxy) is 2. The van der Waals surface area contributed by atoms with Gasteiger partial charge in [0.25, 0.3) is 0 Å². The van der Waals surface area contributed by atoms with Crippen molar-refractivity contribution in [3.05, 3.63) is 59.7 Å². The number of methoxy groups -OCH3 is 1. The minimum absolute atomic E-state index is 0.0432. The molecular formula is C24H24N2O5. The van der Waals surface area contributed by atoms with Gasteiger partial charge in [0, 0.05) is 38.3 Å². The Bertz CT molecular complexity index is 1010. The molecule has 0 saturated carbocycles. The smallest absolute Gasteiger partial charge is 0.409 e. The van der Waals surface area contributed by atoms with Gasteiger partial charge in [-0.05, 0) is 22.3 Å². The zero-order valence-electron chi connectivity index (χ0n) is 17.4. The second kappa shape index (κ2) is 7.72. The van der Waals surface area contributed by atoms with Gasteiger partial charge in [-0.1, -0.05) is 53.7 Å². The Morgan fingerprint density at radius 2 is 1.68 bits per heavy atom. The number of esters is 1. The quantitative estimate of drug-likeness (QED) is 0.708. The summed E-state index contributed by atoms with van der Waals surface area (Å²) in [4.78, 5) is 31.7. The number of likely N-dealkylation sites (tertiary alicyclic amines) is 1. The fourth-order valence-electron chi connectivity index (χ4n) is 4.80. The summed E-state index contributed by atoms with van der Waals surface area (Å²) in [5.41, 5.74) is 4.58. The average Bonchev–Trinajstić information content (AvgIpc) is 3.37. The van der Waals surface area contributed by atoms with Crippen molar-refractivity contribution < 1.29 is 23.9 Å². The third kappa shape index (κ3) is 3.44. The molecule has 1 aliphatic carbocycles. The number of hydrogen-bond acceptors (Lipinski definition) is 6. The maximum Gasteiger partial charge on any atom is 0.409 e. The Morgan fingerprint density at radius 3 is 2.29 bits per heavy atom. The maximum absolute atomic E-state index is 12.8. The third-order valence-electron chi connectivity index (χ3n) is 6.53. The SMILES string of the molecule is COC(=O)C1=NOC2(CCN(C(=O)OCC3c4ccccc4-c4ccccc43)CC2)C1. The fraction of sp³-hybridized carbons (Fsp3) is 0.375. The highest BCUT2D eigenvalue weighted by atomic mass is 16.7. The van der Waals surface area contributed by atoms with E-state index in [1.54, 1.807) is 4.90 Å². The molecule has 2 heterocycles. The summed E-state index contributed by atoms with van der Waals surface area (Å²) in [7, 11) is 1.33. The van der Waals surface area contributed by atoms with Crippen molar-refractivity contribution in [1.29, 1.82) is 0 Å². The molecule has 0 radical (unpaired) electrons. The standard InChI is InChI=1S/C24H24N2O5/c1-29-22(27)21-14-24(31-25-21)10-12-26(13-11-24)23(28)30-15-20-18-8-4-2-6-16(18)17-7-3-5-9-19(17)20/h2-9,20H,10-15H2,1H3. The molecule has 1 fully saturated rings. The van der Waals surface area contributed by atoms with E-state index >= 15 is 0 Å². The van der Waals surface area contributed by atoms with Crippen molar-refractivity contribution in [3.63, 3.8) is 0 Å². The predicted molar refractivity (Wildman–Crippen MR) is 114 cm³/mol. The van der Waals surface area contributed by atoms with Crippen molar-refractivity contribution >= 4 is 17.8 Å². The lowest BCUT2D eigenvalue weighted by Gasteiger charge is -2.36. The molecule has 3 aliphatic rings. The molecule has 7 heteroatoms. The summed E-state index contributed by atoms with van der Waals surface area (Å²) < 4.78 is 10.5. The molecule has 0 unspecified atom stereocenters. The zero-order chi connectivity index (χ0) is 21.4. The van der Waals surface area contributed by atoms with Crippen molar-refractivity contribution in [1.82, 2.24) is 4.90 Å². The number of rotatable bonds is 3. The molecule has 0 aromatic heterocycles. The summed E-state index contributed by atoms with van der Waals surface area (Å²) in [5, 5.41) is 3.89. The molecule has 1 amide bonds. The second-order valence-corrected chi connectivity index (χ2v) is 8.27. The maximum atomic E-state index is 12.8. The van der Waals surface area contributed by atoms with Crippen molar-refractivity contribution in [3.8, 4) is 11.1 Å². The summed E-state index contributed by atoms with van der Waals surface area (Å²) in [6.07, 6.45) is 1.30. The van der Waals surface area contributed by atoms with Crippen LogP contribution in [0.4, 0.5) is 4.79 Å². The Hall–Kier alpha value is -3.35. The molecule has 1 saturated heterocycles. The van der Waals surface area contributed by atoms with Gasteiger partial charge >= 0.3 is 12.1 Å². The van der Waals surface area contributed by atoms with Crippen LogP contribution in [0.1, 0.15) is 36.3 Å². The third-order valence-corrected chi connectivity index (χ3v) is 6.53. The number of benzene rings is 2. The number of amides is 1. The van der Waals surface area contributed by atoms with E-state index in [9.17, 15) is 9.59 Å². The molecule has 0 atom stereocenters. The van der Waals surface area contributed by atoms with Crippen LogP contribution in [0.2, 0.25) is 0 Å². The number of piperidine rings is 1. The van der Waals surface area contributed by atoms with E-state index in [1.165, 1.54) is 29.4 Å². The zero-order valence-corrected chi connectivity index (χ0v) is 17.4. The van der Waals surface area contributed by atoms with E-state index in [0.717, 1.165) is 0 Å². The molecule has 1 spiro atoms. The van der Waals surface area contributed by atoms with Gasteiger partial charge in [-0.25, -0.2) is 9.59 Å². The van der Waals surface area contributed by atoms with Crippen molar-refractivity contribution in [2.75, 3.05) is 26.8 Å². The van der Waals surface area contributed by atoms with Crippen LogP contribution >= 0.6 is 0 Å². The van der Waals surface area contributed by atoms with Crippen LogP contribution in [-0.4, -0.2) is 55.1 Å². The molecule has 2 aliphatic heterocycles. The molecule has 31 heavy (non-hydrogen) atoms. The van der Waals surface area contributed by atoms with Crippen LogP contribution in [0, 0.1) is 0 Å². The highest BCUT2D eigenvalue weighted by Crippen LogP contribution is 2.44. The highest BCUT2D eigenvalue weighted by Gasteiger charge is 2.45. The first-order chi connectivity index (χ1) is 15.1. The normalized spacial score (nSPS) is 18.7. The number of fused-ring (bicyclic) bond motifs is 3. The predicted octanol–water partition coefficient (Wildman–Crippen LogP) is 3.72. The topological polar surface area (TPSA) is 77.4 Å². The van der Waals surface area contributed by atoms with Gasteiger partial charge in [0.05, 0.1) is 7.11 Å². The lowest BCUT2D eigenvalue weighted by molar-refractivity contribution is -0.132. The lowest BCUT2D eigenvalue weighted by Crippen LogP contribution is -2.47. The molecular weight excluding hydrogens is 396 g/mol. The van der Waals surface area contributed by atoms with Crippen molar-refractivity contribution in [2.45, 2.75) is 30.8 Å². The van der Waals surface area contributed by atoms with E-state index in [4.69, 9.17) is 14.3 Å². The van der Waals surface area contributed by atoms with E-state index in [2.05, 4.69) is 29.4 Å². The molecule has 2 aromatic rings. The van der Waals surface area contributed by atoms with Gasteiger partial charge in [0.1, 0.15) is 12.2 Å². The van der Waals surface area contributed by atoms with E-state index in [1.807, 2.05) is 24.3 Å². The van der Waals surface area contributed by atoms with Gasteiger partial charge in [-0.3, -0.25) is 0 Å². The molecule has 5 rings (SSSR count). The van der Waals surface area contributed by atoms with Crippen LogP contribution in [0.15, 0.2) is 53.7 Å². The summed E-state index contributed by atoms with van der Waals surface area (Å²) >= 11 is 0. The number of nitrogens with zero attached hydrogens (tertiary/aromatic N) is 2. The average molecular weight is 420 g/mol. The van der Waals surface area contributed by atoms with Gasteiger partial charge in [-0.15, -0.1) is 0 Å². The van der Waals surface area contributed by atoms with Gasteiger partial charge in [0.2, 0.25) is 0 Å². The monoisotopic (exact) mass is 420 g/mol. The molecule has 0 N–H and O–H groups in total. The Balaban J connectivity index is 1.20. The first-order valence-electron chi connectivity index (χ1n) is 10.5. The van der Waals surface area contributed by atoms with Crippen LogP contribution < -0.4 is 0 Å². The van der Waals surface area contributed by atoms with Gasteiger partial charge in [-0.2, -0.15) is 0 Å². The van der Waals surface area contributed by atoms with Crippen LogP contribution in [0.3, 0.4) is 0 Å². The van der Waals surface area contributed by atoms with Crippen LogP contribution in [-0.2, 0) is 19.1 Å². The summed E-state index contributed by atoms with van der Waals surface area (Å²) in [6.45, 7) is 1.31. The molecule has 2 aromatic carbocycles. The number of carbonyl (C=O) groups is 2. The highest BCUT2D eigenvalue weighted by molar-refractivity contribution is 6.36. The van der Waals surface area contributed by atoms with E-state index < -0.39 is 11.6 Å². The Labute approximate surface area is 180 Å². The largest absolute Gasteiger partial charge is 0.464 e. The van der Waals surface area contributed by atoms with Gasteiger partial charge in [0.15, 0.2) is 5.71 Å². The first kappa shape index (κ1) is 19.6. The second-order valence-electron chi connectivity index (χ2n) is 8.27. The molecule has 160 valence electrons. The summed E-state index contributed by atoms with van der Waals surface area (Å²) in [6, 6.07) is 16.6. The summed E-state index contributed by atoms with van der Waals surface area (Å²) in [5.74, 6) is -0.419. The van der Waals surface area contributed by atoms with Crippen LogP contribution in [0.25, 0.3) is 11.1 Å². The first-order valence-corrected chi connectivity index (χ1v) is 10.5. The van der Waals surface area contributed by atoms with E-state index in [-0.39, 0.29) is 12.0 Å². The van der Waals surface area contributed by atoms with E-state index in [0.29, 0.717) is 44.7 Å². The number of carbonyl (C=O) groups excluding carboxylic acids is 2. The Morgan fingerprint density at radius 1 is 1.06 bits per heavy atom. The fourth-order valence-corrected chi connectivity index (χ4v) is 4.80. The number of hydrogen-bond donors (Lipinski definition) is 0. The lowest BCUT2D eigenvalue weighted by atomic mass is 9.87. The molecule has 0 bridgehead atoms. The van der Waals surface area contributed by atoms with Gasteiger partial charge < -0.3 is 19.2 Å². The minimum atomic E-state index is -0.524. The van der Waals surface area contributed by atoms with Crippen LogP contribution in [0.5, 0.6) is 0 Å². The molecule has 7 nitrogen and oxygen atoms in total. The minimum Gasteiger partial charge on any atom is -0.464 e. The number of oxime groups is 1.